The molecule has 0 aromatic rings. The van der Waals surface area contributed by atoms with Crippen molar-refractivity contribution in [3.63, 3.8) is 0 Å². The largest absolute Gasteiger partial charge is 0.394 e. The highest BCUT2D eigenvalue weighted by atomic mass is 16.3. The van der Waals surface area contributed by atoms with Gasteiger partial charge in [-0.05, 0) is 64.2 Å². The molecule has 0 bridgehead atoms. The first kappa shape index (κ1) is 56.8. The van der Waals surface area contributed by atoms with Gasteiger partial charge in [0.25, 0.3) is 0 Å². The third kappa shape index (κ3) is 40.2. The van der Waals surface area contributed by atoms with Crippen LogP contribution in [0.1, 0.15) is 271 Å². The van der Waals surface area contributed by atoms with Gasteiger partial charge in [-0.15, -0.1) is 0 Å². The number of unbranched alkanes of at least 4 members (excludes halogenated alkanes) is 34. The quantitative estimate of drug-likeness (QED) is 0.0310. The Morgan fingerprint density at radius 2 is 0.707 bits per heavy atom. The lowest BCUT2D eigenvalue weighted by Gasteiger charge is -2.27. The van der Waals surface area contributed by atoms with E-state index in [2.05, 4.69) is 43.5 Å². The van der Waals surface area contributed by atoms with E-state index >= 15 is 0 Å². The fourth-order valence-electron chi connectivity index (χ4n) is 8.05. The number of hydrogen-bond acceptors (Lipinski definition) is 5. The van der Waals surface area contributed by atoms with E-state index in [0.29, 0.717) is 12.8 Å². The van der Waals surface area contributed by atoms with Gasteiger partial charge in [0.05, 0.1) is 18.8 Å². The van der Waals surface area contributed by atoms with Gasteiger partial charge in [0.2, 0.25) is 5.91 Å². The van der Waals surface area contributed by atoms with Crippen LogP contribution in [0.25, 0.3) is 0 Å². The molecule has 4 atom stereocenters. The van der Waals surface area contributed by atoms with E-state index in [1.54, 1.807) is 0 Å². The average Bonchev–Trinajstić information content (AvgIpc) is 3.23. The number of carbonyl (C=O) groups excluding carboxylic acids is 1. The molecular formula is C52H101NO5. The highest BCUT2D eigenvalue weighted by molar-refractivity contribution is 5.80. The minimum Gasteiger partial charge on any atom is -0.394 e. The van der Waals surface area contributed by atoms with E-state index in [1.165, 1.54) is 205 Å². The highest BCUT2D eigenvalue weighted by Gasteiger charge is 2.28. The summed E-state index contributed by atoms with van der Waals surface area (Å²) < 4.78 is 0. The average molecular weight is 820 g/mol. The molecule has 0 aliphatic heterocycles. The van der Waals surface area contributed by atoms with Crippen molar-refractivity contribution in [1.82, 2.24) is 5.32 Å². The fraction of sp³-hybridized carbons (Fsp3) is 0.904. The molecule has 0 radical (unpaired) electrons. The molecule has 5 N–H and O–H groups in total. The second kappa shape index (κ2) is 46.8. The second-order valence-electron chi connectivity index (χ2n) is 17.9. The number of allylic oxidation sites excluding steroid dienone is 4. The molecule has 6 heteroatoms. The minimum atomic E-state index is -1.28. The Hall–Kier alpha value is -1.21. The normalized spacial score (nSPS) is 14.1. The Bertz CT molecular complexity index is 878. The van der Waals surface area contributed by atoms with Crippen molar-refractivity contribution in [3.8, 4) is 0 Å². The van der Waals surface area contributed by atoms with Gasteiger partial charge in [0, 0.05) is 0 Å². The van der Waals surface area contributed by atoms with Crippen LogP contribution in [0.15, 0.2) is 24.3 Å². The molecule has 0 aliphatic carbocycles. The highest BCUT2D eigenvalue weighted by Crippen LogP contribution is 2.16. The van der Waals surface area contributed by atoms with Crippen molar-refractivity contribution in [2.45, 2.75) is 295 Å². The van der Waals surface area contributed by atoms with Crippen molar-refractivity contribution < 1.29 is 25.2 Å². The van der Waals surface area contributed by atoms with Gasteiger partial charge in [0.1, 0.15) is 12.2 Å². The molecule has 6 nitrogen and oxygen atoms in total. The molecule has 1 amide bonds. The van der Waals surface area contributed by atoms with Crippen LogP contribution in [0, 0.1) is 0 Å². The van der Waals surface area contributed by atoms with Gasteiger partial charge in [-0.1, -0.05) is 231 Å². The number of rotatable bonds is 47. The molecular weight excluding hydrogens is 719 g/mol. The first-order valence-corrected chi connectivity index (χ1v) is 25.7. The Balaban J connectivity index is 3.65. The monoisotopic (exact) mass is 820 g/mol. The molecule has 0 saturated carbocycles. The molecule has 0 aliphatic rings. The Morgan fingerprint density at radius 3 is 1.03 bits per heavy atom. The number of aliphatic hydroxyl groups is 4. The molecule has 0 aromatic carbocycles. The zero-order valence-corrected chi connectivity index (χ0v) is 38.8. The molecule has 0 spiro atoms. The van der Waals surface area contributed by atoms with Crippen LogP contribution in [0.4, 0.5) is 0 Å². The maximum absolute atomic E-state index is 12.5. The van der Waals surface area contributed by atoms with Crippen molar-refractivity contribution in [1.29, 1.82) is 0 Å². The van der Waals surface area contributed by atoms with Gasteiger partial charge in [-0.2, -0.15) is 0 Å². The summed E-state index contributed by atoms with van der Waals surface area (Å²) in [6, 6.07) is -1.00. The summed E-state index contributed by atoms with van der Waals surface area (Å²) in [6.07, 6.45) is 55.2. The van der Waals surface area contributed by atoms with Gasteiger partial charge in [-0.3, -0.25) is 4.79 Å². The Morgan fingerprint density at radius 1 is 0.414 bits per heavy atom. The van der Waals surface area contributed by atoms with Crippen molar-refractivity contribution in [3.05, 3.63) is 24.3 Å². The van der Waals surface area contributed by atoms with Crippen molar-refractivity contribution in [2.75, 3.05) is 6.61 Å². The maximum Gasteiger partial charge on any atom is 0.249 e. The predicted molar refractivity (Wildman–Crippen MR) is 251 cm³/mol. The minimum absolute atomic E-state index is 0.364. The summed E-state index contributed by atoms with van der Waals surface area (Å²) in [4.78, 5) is 12.5. The molecule has 0 saturated heterocycles. The Labute approximate surface area is 361 Å². The molecule has 0 heterocycles. The van der Waals surface area contributed by atoms with Crippen LogP contribution in [0.5, 0.6) is 0 Å². The number of hydrogen-bond donors (Lipinski definition) is 5. The Kier molecular flexibility index (Phi) is 45.9. The van der Waals surface area contributed by atoms with Crippen LogP contribution in [0.2, 0.25) is 0 Å². The zero-order chi connectivity index (χ0) is 42.4. The van der Waals surface area contributed by atoms with E-state index in [4.69, 9.17) is 0 Å². The van der Waals surface area contributed by atoms with Gasteiger partial charge in [0.15, 0.2) is 0 Å². The fourth-order valence-corrected chi connectivity index (χ4v) is 8.05. The lowest BCUT2D eigenvalue weighted by molar-refractivity contribution is -0.132. The van der Waals surface area contributed by atoms with E-state index < -0.39 is 36.9 Å². The first-order valence-electron chi connectivity index (χ1n) is 25.7. The summed E-state index contributed by atoms with van der Waals surface area (Å²) >= 11 is 0. The standard InChI is InChI=1S/C52H101NO5/c1-3-5-7-9-11-13-15-17-19-20-21-22-23-24-25-26-27-28-29-30-32-34-36-38-40-42-44-46-50(56)52(58)53-48(47-54)51(57)49(55)45-43-41-39-37-35-33-31-18-16-14-12-10-8-6-4-2/h24-25,37,39,48-51,54-57H,3-23,26-36,38,40-47H2,1-2H3,(H,53,58)/b25-24-,39-37+. The van der Waals surface area contributed by atoms with Gasteiger partial charge < -0.3 is 25.7 Å². The molecule has 4 unspecified atom stereocenters. The van der Waals surface area contributed by atoms with Crippen molar-refractivity contribution in [2.24, 2.45) is 0 Å². The van der Waals surface area contributed by atoms with E-state index in [0.717, 1.165) is 38.5 Å². The smallest absolute Gasteiger partial charge is 0.249 e. The predicted octanol–water partition coefficient (Wildman–Crippen LogP) is 14.3. The van der Waals surface area contributed by atoms with Crippen molar-refractivity contribution >= 4 is 5.91 Å². The molecule has 344 valence electrons. The third-order valence-corrected chi connectivity index (χ3v) is 12.1. The SMILES string of the molecule is CCCCCCCCCCCC/C=C/CCCC(O)C(O)C(CO)NC(=O)C(O)CCCCCCCCCCCCC/C=C\CCCCCCCCCCCCCC. The molecule has 0 fully saturated rings. The van der Waals surface area contributed by atoms with E-state index in [9.17, 15) is 25.2 Å². The molecule has 0 rings (SSSR count). The summed E-state index contributed by atoms with van der Waals surface area (Å²) in [6.45, 7) is 4.06. The summed E-state index contributed by atoms with van der Waals surface area (Å²) in [5.74, 6) is -0.592. The topological polar surface area (TPSA) is 110 Å². The molecule has 58 heavy (non-hydrogen) atoms. The number of aliphatic hydroxyl groups excluding tert-OH is 4. The third-order valence-electron chi connectivity index (χ3n) is 12.1. The van der Waals surface area contributed by atoms with E-state index in [-0.39, 0.29) is 0 Å². The summed E-state index contributed by atoms with van der Waals surface area (Å²) in [7, 11) is 0. The lowest BCUT2D eigenvalue weighted by Crippen LogP contribution is -2.53. The summed E-state index contributed by atoms with van der Waals surface area (Å²) in [5.41, 5.74) is 0. The maximum atomic E-state index is 12.5. The van der Waals surface area contributed by atoms with Crippen LogP contribution in [-0.2, 0) is 4.79 Å². The van der Waals surface area contributed by atoms with Crippen LogP contribution >= 0.6 is 0 Å². The summed E-state index contributed by atoms with van der Waals surface area (Å²) in [5, 5.41) is 43.8. The van der Waals surface area contributed by atoms with E-state index in [1.807, 2.05) is 0 Å². The first-order chi connectivity index (χ1) is 28.5. The van der Waals surface area contributed by atoms with Crippen LogP contribution in [-0.4, -0.2) is 57.3 Å². The second-order valence-corrected chi connectivity index (χ2v) is 17.9. The number of amides is 1. The molecule has 0 aromatic heterocycles. The van der Waals surface area contributed by atoms with Gasteiger partial charge in [-0.25, -0.2) is 0 Å². The van der Waals surface area contributed by atoms with Crippen LogP contribution < -0.4 is 5.32 Å². The van der Waals surface area contributed by atoms with Crippen LogP contribution in [0.3, 0.4) is 0 Å². The number of nitrogens with one attached hydrogen (secondary N) is 1. The number of carbonyl (C=O) groups is 1. The van der Waals surface area contributed by atoms with Gasteiger partial charge >= 0.3 is 0 Å². The zero-order valence-electron chi connectivity index (χ0n) is 38.8. The lowest BCUT2D eigenvalue weighted by atomic mass is 10.00.